The molecular formula is C21H22FN3O6S. The van der Waals surface area contributed by atoms with E-state index < -0.39 is 22.4 Å². The van der Waals surface area contributed by atoms with E-state index >= 15 is 0 Å². The number of carbonyl (C=O) groups is 1. The monoisotopic (exact) mass is 463 g/mol. The van der Waals surface area contributed by atoms with Crippen molar-refractivity contribution in [3.8, 4) is 17.2 Å². The first-order chi connectivity index (χ1) is 15.2. The Morgan fingerprint density at radius 1 is 1.19 bits per heavy atom. The predicted molar refractivity (Wildman–Crippen MR) is 115 cm³/mol. The van der Waals surface area contributed by atoms with Gasteiger partial charge in [0.2, 0.25) is 0 Å². The molecule has 0 aliphatic rings. The molecule has 9 nitrogen and oxygen atoms in total. The Kier molecular flexibility index (Phi) is 7.44. The topological polar surface area (TPSA) is 109 Å². The summed E-state index contributed by atoms with van der Waals surface area (Å²) < 4.78 is 54.4. The number of nitrogens with one attached hydrogen (secondary N) is 1. The SMILES string of the molecule is COCC(C)Oc1cc(Oc2ccc([SH](=O)=O)cc2F)cc(C(=O)Nc2ccn(C)n2)c1. The highest BCUT2D eigenvalue weighted by Gasteiger charge is 2.15. The zero-order chi connectivity index (χ0) is 23.3. The van der Waals surface area contributed by atoms with Crippen LogP contribution >= 0.6 is 0 Å². The van der Waals surface area contributed by atoms with Crippen LogP contribution < -0.4 is 14.8 Å². The molecule has 0 saturated heterocycles. The van der Waals surface area contributed by atoms with Crippen LogP contribution in [0.15, 0.2) is 53.6 Å². The Bertz CT molecular complexity index is 1190. The number of carbonyl (C=O) groups excluding carboxylic acids is 1. The Balaban J connectivity index is 1.91. The molecule has 11 heteroatoms. The summed E-state index contributed by atoms with van der Waals surface area (Å²) in [6.07, 6.45) is 1.35. The maximum absolute atomic E-state index is 14.3. The van der Waals surface area contributed by atoms with Gasteiger partial charge in [0, 0.05) is 38.1 Å². The molecule has 0 aliphatic carbocycles. The predicted octanol–water partition coefficient (Wildman–Crippen LogP) is 2.99. The molecule has 3 rings (SSSR count). The lowest BCUT2D eigenvalue weighted by Crippen LogP contribution is -2.18. The lowest BCUT2D eigenvalue weighted by molar-refractivity contribution is 0.0915. The molecular weight excluding hydrogens is 441 g/mol. The van der Waals surface area contributed by atoms with Crippen molar-refractivity contribution in [3.05, 3.63) is 60.0 Å². The highest BCUT2D eigenvalue weighted by atomic mass is 32.2. The highest BCUT2D eigenvalue weighted by molar-refractivity contribution is 7.72. The van der Waals surface area contributed by atoms with Crippen molar-refractivity contribution >= 4 is 22.4 Å². The summed E-state index contributed by atoms with van der Waals surface area (Å²) in [6, 6.07) is 9.33. The first kappa shape index (κ1) is 23.2. The van der Waals surface area contributed by atoms with Gasteiger partial charge in [0.25, 0.3) is 5.91 Å². The van der Waals surface area contributed by atoms with Gasteiger partial charge >= 0.3 is 0 Å². The highest BCUT2D eigenvalue weighted by Crippen LogP contribution is 2.30. The van der Waals surface area contributed by atoms with Crippen molar-refractivity contribution in [2.45, 2.75) is 17.9 Å². The van der Waals surface area contributed by atoms with Gasteiger partial charge in [-0.25, -0.2) is 12.8 Å². The van der Waals surface area contributed by atoms with E-state index in [1.807, 2.05) is 0 Å². The molecule has 3 aromatic rings. The number of halogens is 1. The molecule has 2 aromatic carbocycles. The fraction of sp³-hybridized carbons (Fsp3) is 0.238. The lowest BCUT2D eigenvalue weighted by atomic mass is 10.2. The van der Waals surface area contributed by atoms with Crippen LogP contribution in [0.4, 0.5) is 10.2 Å². The van der Waals surface area contributed by atoms with Crippen molar-refractivity contribution in [1.29, 1.82) is 0 Å². The van der Waals surface area contributed by atoms with Gasteiger partial charge < -0.3 is 19.5 Å². The van der Waals surface area contributed by atoms with Crippen LogP contribution in [0.5, 0.6) is 17.2 Å². The first-order valence-electron chi connectivity index (χ1n) is 9.48. The Morgan fingerprint density at radius 2 is 1.94 bits per heavy atom. The van der Waals surface area contributed by atoms with E-state index in [0.29, 0.717) is 18.2 Å². The minimum Gasteiger partial charge on any atom is -0.488 e. The fourth-order valence-corrected chi connectivity index (χ4v) is 3.23. The van der Waals surface area contributed by atoms with Gasteiger partial charge in [-0.2, -0.15) is 5.10 Å². The molecule has 1 amide bonds. The van der Waals surface area contributed by atoms with E-state index in [0.717, 1.165) is 6.07 Å². The van der Waals surface area contributed by atoms with Gasteiger partial charge in [-0.05, 0) is 37.3 Å². The van der Waals surface area contributed by atoms with Crippen molar-refractivity contribution < 1.29 is 31.8 Å². The Labute approximate surface area is 185 Å². The van der Waals surface area contributed by atoms with Gasteiger partial charge in [-0.1, -0.05) is 0 Å². The quantitative estimate of drug-likeness (QED) is 0.470. The molecule has 1 atom stereocenters. The number of aryl methyl sites for hydroxylation is 1. The zero-order valence-corrected chi connectivity index (χ0v) is 18.5. The van der Waals surface area contributed by atoms with Crippen LogP contribution in [0.3, 0.4) is 0 Å². The maximum atomic E-state index is 14.3. The molecule has 1 unspecified atom stereocenters. The molecule has 32 heavy (non-hydrogen) atoms. The molecule has 1 heterocycles. The number of amides is 1. The molecule has 1 aromatic heterocycles. The van der Waals surface area contributed by atoms with Crippen LogP contribution in [0.2, 0.25) is 0 Å². The number of methoxy groups -OCH3 is 1. The van der Waals surface area contributed by atoms with Gasteiger partial charge in [0.15, 0.2) is 28.1 Å². The number of hydrogen-bond donors (Lipinski definition) is 2. The molecule has 0 bridgehead atoms. The van der Waals surface area contributed by atoms with E-state index in [1.165, 1.54) is 42.1 Å². The van der Waals surface area contributed by atoms with E-state index in [-0.39, 0.29) is 28.1 Å². The average molecular weight is 463 g/mol. The maximum Gasteiger partial charge on any atom is 0.257 e. The number of aromatic nitrogens is 2. The largest absolute Gasteiger partial charge is 0.488 e. The van der Waals surface area contributed by atoms with Crippen LogP contribution in [-0.4, -0.2) is 43.9 Å². The summed E-state index contributed by atoms with van der Waals surface area (Å²) in [5.74, 6) is -0.761. The smallest absolute Gasteiger partial charge is 0.257 e. The second kappa shape index (κ2) is 10.2. The van der Waals surface area contributed by atoms with E-state index in [2.05, 4.69) is 10.4 Å². The normalized spacial score (nSPS) is 11.9. The number of nitrogens with zero attached hydrogens (tertiary/aromatic N) is 2. The molecule has 0 fully saturated rings. The number of rotatable bonds is 9. The van der Waals surface area contributed by atoms with Gasteiger partial charge in [0.05, 0.1) is 11.5 Å². The summed E-state index contributed by atoms with van der Waals surface area (Å²) >= 11 is 0. The Hall–Kier alpha value is -3.44. The first-order valence-corrected chi connectivity index (χ1v) is 10.7. The van der Waals surface area contributed by atoms with Crippen LogP contribution in [0.25, 0.3) is 0 Å². The van der Waals surface area contributed by atoms with E-state index in [9.17, 15) is 17.6 Å². The zero-order valence-electron chi connectivity index (χ0n) is 17.6. The molecule has 0 saturated carbocycles. The van der Waals surface area contributed by atoms with Gasteiger partial charge in [0.1, 0.15) is 17.6 Å². The van der Waals surface area contributed by atoms with Crippen molar-refractivity contribution in [1.82, 2.24) is 9.78 Å². The summed E-state index contributed by atoms with van der Waals surface area (Å²) in [6.45, 7) is 2.09. The second-order valence-corrected chi connectivity index (χ2v) is 7.91. The van der Waals surface area contributed by atoms with Crippen molar-refractivity contribution in [2.24, 2.45) is 7.05 Å². The summed E-state index contributed by atoms with van der Waals surface area (Å²) in [4.78, 5) is 12.6. The second-order valence-electron chi connectivity index (χ2n) is 6.88. The molecule has 0 spiro atoms. The summed E-state index contributed by atoms with van der Waals surface area (Å²) in [5, 5.41) is 6.76. The fourth-order valence-electron chi connectivity index (χ4n) is 2.81. The van der Waals surface area contributed by atoms with Crippen LogP contribution in [0, 0.1) is 5.82 Å². The Morgan fingerprint density at radius 3 is 2.56 bits per heavy atom. The van der Waals surface area contributed by atoms with Crippen molar-refractivity contribution in [3.63, 3.8) is 0 Å². The lowest BCUT2D eigenvalue weighted by Gasteiger charge is -2.16. The third-order valence-electron chi connectivity index (χ3n) is 4.19. The molecule has 0 radical (unpaired) electrons. The number of thiol groups is 1. The number of hydrogen-bond acceptors (Lipinski definition) is 7. The molecule has 170 valence electrons. The minimum atomic E-state index is -2.93. The van der Waals surface area contributed by atoms with Crippen LogP contribution in [0.1, 0.15) is 17.3 Å². The van der Waals surface area contributed by atoms with Crippen LogP contribution in [-0.2, 0) is 22.5 Å². The van der Waals surface area contributed by atoms with E-state index in [1.54, 1.807) is 26.2 Å². The van der Waals surface area contributed by atoms with Gasteiger partial charge in [-0.3, -0.25) is 9.48 Å². The minimum absolute atomic E-state index is 0.122. The number of benzene rings is 2. The average Bonchev–Trinajstić information content (AvgIpc) is 3.13. The standard InChI is InChI=1S/C21H22FN3O6S/c1-13(12-29-3)30-15-8-14(21(26)23-20-6-7-25(2)24-20)9-16(10-15)31-19-5-4-17(32(27)28)11-18(19)22/h4-11,13,32H,12H2,1-3H3,(H,23,24,26). The summed E-state index contributed by atoms with van der Waals surface area (Å²) in [7, 11) is 0.327. The number of anilines is 1. The third kappa shape index (κ3) is 6.05. The molecule has 1 N–H and O–H groups in total. The van der Waals surface area contributed by atoms with Gasteiger partial charge in [-0.15, -0.1) is 0 Å². The van der Waals surface area contributed by atoms with E-state index in [4.69, 9.17) is 14.2 Å². The molecule has 0 aliphatic heterocycles. The van der Waals surface area contributed by atoms with Crippen molar-refractivity contribution in [2.75, 3.05) is 19.0 Å². The third-order valence-corrected chi connectivity index (χ3v) is 4.89. The summed E-state index contributed by atoms with van der Waals surface area (Å²) in [5.41, 5.74) is 0.187. The number of ether oxygens (including phenoxy) is 3.